The maximum Gasteiger partial charge on any atom is 0.241 e. The summed E-state index contributed by atoms with van der Waals surface area (Å²) in [7, 11) is 0. The van der Waals surface area contributed by atoms with Crippen molar-refractivity contribution in [1.82, 2.24) is 15.3 Å². The van der Waals surface area contributed by atoms with Crippen LogP contribution < -0.4 is 16.0 Å². The number of nitrogens with zero attached hydrogens (tertiary/aromatic N) is 3. The largest absolute Gasteiger partial charge is 0.350 e. The zero-order valence-corrected chi connectivity index (χ0v) is 15.4. The van der Waals surface area contributed by atoms with Gasteiger partial charge in [0, 0.05) is 31.5 Å². The molecule has 2 unspecified atom stereocenters. The van der Waals surface area contributed by atoms with Gasteiger partial charge in [0.15, 0.2) is 0 Å². The molecule has 2 atom stereocenters. The van der Waals surface area contributed by atoms with E-state index in [1.165, 1.54) is 0 Å². The first-order chi connectivity index (χ1) is 11.2. The number of nitrogens with two attached hydrogens (primary N) is 1. The van der Waals surface area contributed by atoms with Crippen LogP contribution in [0.5, 0.6) is 0 Å². The molecule has 8 heteroatoms. The van der Waals surface area contributed by atoms with Gasteiger partial charge in [0.2, 0.25) is 11.9 Å². The number of piperidine rings is 1. The van der Waals surface area contributed by atoms with E-state index < -0.39 is 6.04 Å². The summed E-state index contributed by atoms with van der Waals surface area (Å²) in [5.74, 6) is 0.566. The smallest absolute Gasteiger partial charge is 0.241 e. The molecule has 6 nitrogen and oxygen atoms in total. The Labute approximate surface area is 160 Å². The number of nitrogens with one attached hydrogen (secondary N) is 1. The van der Waals surface area contributed by atoms with Crippen LogP contribution in [0, 0.1) is 0 Å². The Morgan fingerprint density at radius 3 is 2.52 bits per heavy atom. The number of hydrogen-bond donors (Lipinski definition) is 2. The average Bonchev–Trinajstić information content (AvgIpc) is 2.63. The van der Waals surface area contributed by atoms with E-state index in [9.17, 15) is 4.79 Å². The monoisotopic (exact) mass is 383 g/mol. The molecule has 1 aliphatic rings. The summed E-state index contributed by atoms with van der Waals surface area (Å²) in [6, 6.07) is 10.6. The minimum atomic E-state index is -0.639. The number of aromatic nitrogens is 2. The van der Waals surface area contributed by atoms with Crippen molar-refractivity contribution in [2.45, 2.75) is 24.9 Å². The van der Waals surface area contributed by atoms with Crippen LogP contribution in [0.15, 0.2) is 48.8 Å². The van der Waals surface area contributed by atoms with Gasteiger partial charge in [0.05, 0.1) is 0 Å². The van der Waals surface area contributed by atoms with E-state index in [2.05, 4.69) is 20.2 Å². The highest BCUT2D eigenvalue weighted by atomic mass is 35.5. The molecule has 3 rings (SSSR count). The van der Waals surface area contributed by atoms with Crippen LogP contribution in [-0.2, 0) is 4.79 Å². The number of carbonyl (C=O) groups is 1. The predicted molar refractivity (Wildman–Crippen MR) is 103 cm³/mol. The van der Waals surface area contributed by atoms with Gasteiger partial charge < -0.3 is 16.0 Å². The molecule has 2 aromatic rings. The fraction of sp³-hybridized carbons (Fsp3) is 0.353. The van der Waals surface area contributed by atoms with Crippen LogP contribution in [0.2, 0.25) is 0 Å². The van der Waals surface area contributed by atoms with E-state index in [0.29, 0.717) is 12.5 Å². The highest BCUT2D eigenvalue weighted by Gasteiger charge is 2.25. The number of halogens is 2. The van der Waals surface area contributed by atoms with Crippen LogP contribution in [-0.4, -0.2) is 35.0 Å². The van der Waals surface area contributed by atoms with Gasteiger partial charge in [-0.1, -0.05) is 30.3 Å². The van der Waals surface area contributed by atoms with Gasteiger partial charge >= 0.3 is 0 Å². The number of amides is 1. The lowest BCUT2D eigenvalue weighted by atomic mass is 10.0. The molecule has 1 amide bonds. The summed E-state index contributed by atoms with van der Waals surface area (Å²) in [6.07, 6.45) is 5.39. The van der Waals surface area contributed by atoms with E-state index >= 15 is 0 Å². The Hall–Kier alpha value is -1.89. The maximum atomic E-state index is 12.4. The van der Waals surface area contributed by atoms with Gasteiger partial charge in [-0.3, -0.25) is 4.79 Å². The molecular formula is C17H23Cl2N5O. The standard InChI is InChI=1S/C17H21N5O.2ClH/c18-15(13-6-2-1-3-7-13)16(23)21-14-8-4-11-22(12-14)17-19-9-5-10-20-17;;/h1-3,5-7,9-10,14-15H,4,8,11-12,18H2,(H,21,23);2*1H. The van der Waals surface area contributed by atoms with Gasteiger partial charge in [-0.05, 0) is 24.5 Å². The second-order valence-electron chi connectivity index (χ2n) is 5.73. The van der Waals surface area contributed by atoms with Crippen LogP contribution in [0.3, 0.4) is 0 Å². The quantitative estimate of drug-likeness (QED) is 0.844. The summed E-state index contributed by atoms with van der Waals surface area (Å²) >= 11 is 0. The van der Waals surface area contributed by atoms with Crippen LogP contribution >= 0.6 is 24.8 Å². The number of rotatable bonds is 4. The Morgan fingerprint density at radius 2 is 1.84 bits per heavy atom. The average molecular weight is 384 g/mol. The molecule has 0 spiro atoms. The number of benzene rings is 1. The van der Waals surface area contributed by atoms with E-state index in [-0.39, 0.29) is 36.8 Å². The molecular weight excluding hydrogens is 361 g/mol. The first kappa shape index (κ1) is 21.2. The zero-order chi connectivity index (χ0) is 16.1. The topological polar surface area (TPSA) is 84.1 Å². The van der Waals surface area contributed by atoms with Gasteiger partial charge in [0.1, 0.15) is 6.04 Å². The van der Waals surface area contributed by atoms with Crippen molar-refractivity contribution in [2.24, 2.45) is 5.73 Å². The zero-order valence-electron chi connectivity index (χ0n) is 13.7. The molecule has 1 fully saturated rings. The summed E-state index contributed by atoms with van der Waals surface area (Å²) in [5, 5.41) is 3.06. The highest BCUT2D eigenvalue weighted by Crippen LogP contribution is 2.16. The number of anilines is 1. The Kier molecular flexibility index (Phi) is 8.61. The minimum Gasteiger partial charge on any atom is -0.350 e. The molecule has 136 valence electrons. The van der Waals surface area contributed by atoms with Gasteiger partial charge in [-0.2, -0.15) is 0 Å². The van der Waals surface area contributed by atoms with Crippen LogP contribution in [0.4, 0.5) is 5.95 Å². The third-order valence-electron chi connectivity index (χ3n) is 4.04. The van der Waals surface area contributed by atoms with Gasteiger partial charge in [-0.15, -0.1) is 24.8 Å². The van der Waals surface area contributed by atoms with Crippen molar-refractivity contribution in [2.75, 3.05) is 18.0 Å². The molecule has 0 saturated carbocycles. The van der Waals surface area contributed by atoms with Crippen molar-refractivity contribution < 1.29 is 4.79 Å². The third-order valence-corrected chi connectivity index (χ3v) is 4.04. The van der Waals surface area contributed by atoms with E-state index in [1.54, 1.807) is 18.5 Å². The highest BCUT2D eigenvalue weighted by molar-refractivity contribution is 5.85. The molecule has 0 bridgehead atoms. The first-order valence-electron chi connectivity index (χ1n) is 7.87. The fourth-order valence-corrected chi connectivity index (χ4v) is 2.83. The predicted octanol–water partition coefficient (Wildman–Crippen LogP) is 2.11. The SMILES string of the molecule is Cl.Cl.NC(C(=O)NC1CCCN(c2ncccn2)C1)c1ccccc1. The van der Waals surface area contributed by atoms with Gasteiger partial charge in [-0.25, -0.2) is 9.97 Å². The van der Waals surface area contributed by atoms with Crippen molar-refractivity contribution in [3.8, 4) is 0 Å². The van der Waals surface area contributed by atoms with E-state index in [4.69, 9.17) is 5.73 Å². The first-order valence-corrected chi connectivity index (χ1v) is 7.87. The summed E-state index contributed by atoms with van der Waals surface area (Å²) in [4.78, 5) is 23.0. The second-order valence-corrected chi connectivity index (χ2v) is 5.73. The van der Waals surface area contributed by atoms with Crippen molar-refractivity contribution in [3.63, 3.8) is 0 Å². The van der Waals surface area contributed by atoms with Crippen molar-refractivity contribution >= 4 is 36.7 Å². The number of hydrogen-bond acceptors (Lipinski definition) is 5. The Bertz CT molecular complexity index is 644. The fourth-order valence-electron chi connectivity index (χ4n) is 2.83. The second kappa shape index (κ2) is 10.2. The Morgan fingerprint density at radius 1 is 1.16 bits per heavy atom. The van der Waals surface area contributed by atoms with E-state index in [1.807, 2.05) is 30.3 Å². The lowest BCUT2D eigenvalue weighted by Crippen LogP contribution is -2.50. The molecule has 0 radical (unpaired) electrons. The summed E-state index contributed by atoms with van der Waals surface area (Å²) in [6.45, 7) is 1.61. The molecule has 2 heterocycles. The van der Waals surface area contributed by atoms with E-state index in [0.717, 1.165) is 24.9 Å². The lowest BCUT2D eigenvalue weighted by Gasteiger charge is -2.33. The van der Waals surface area contributed by atoms with Gasteiger partial charge in [0.25, 0.3) is 0 Å². The van der Waals surface area contributed by atoms with Crippen molar-refractivity contribution in [3.05, 3.63) is 54.4 Å². The summed E-state index contributed by atoms with van der Waals surface area (Å²) < 4.78 is 0. The van der Waals surface area contributed by atoms with Crippen molar-refractivity contribution in [1.29, 1.82) is 0 Å². The van der Waals surface area contributed by atoms with Crippen LogP contribution in [0.25, 0.3) is 0 Å². The number of carbonyl (C=O) groups excluding carboxylic acids is 1. The normalized spacial score (nSPS) is 17.6. The maximum absolute atomic E-state index is 12.4. The lowest BCUT2D eigenvalue weighted by molar-refractivity contribution is -0.123. The molecule has 3 N–H and O–H groups in total. The van der Waals surface area contributed by atoms with Crippen LogP contribution in [0.1, 0.15) is 24.4 Å². The molecule has 1 saturated heterocycles. The minimum absolute atomic E-state index is 0. The molecule has 1 aliphatic heterocycles. The molecule has 1 aromatic heterocycles. The molecule has 1 aromatic carbocycles. The summed E-state index contributed by atoms with van der Waals surface area (Å²) in [5.41, 5.74) is 6.87. The Balaban J connectivity index is 0.00000156. The molecule has 25 heavy (non-hydrogen) atoms. The third kappa shape index (κ3) is 5.56. The molecule has 0 aliphatic carbocycles.